The molecule has 0 amide bonds. The van der Waals surface area contributed by atoms with Gasteiger partial charge in [-0.1, -0.05) is 36.9 Å². The van der Waals surface area contributed by atoms with Gasteiger partial charge in [0.05, 0.1) is 0 Å². The van der Waals surface area contributed by atoms with E-state index in [0.717, 1.165) is 16.6 Å². The molecule has 0 bridgehead atoms. The second kappa shape index (κ2) is 5.62. The van der Waals surface area contributed by atoms with Crippen molar-refractivity contribution in [3.8, 4) is 0 Å². The van der Waals surface area contributed by atoms with Gasteiger partial charge in [0.1, 0.15) is 5.82 Å². The number of hydrogen-bond acceptors (Lipinski definition) is 5. The van der Waals surface area contributed by atoms with Crippen LogP contribution in [0.2, 0.25) is 0 Å². The van der Waals surface area contributed by atoms with Gasteiger partial charge in [-0.15, -0.1) is 0 Å². The minimum atomic E-state index is 0.559. The molecule has 0 unspecified atom stereocenters. The number of aromatic nitrogens is 2. The topological polar surface area (TPSA) is 51.8 Å². The van der Waals surface area contributed by atoms with Crippen molar-refractivity contribution in [1.82, 2.24) is 9.36 Å². The Balaban J connectivity index is 2.28. The quantitative estimate of drug-likeness (QED) is 0.923. The third-order valence-corrected chi connectivity index (χ3v) is 4.55. The van der Waals surface area contributed by atoms with Crippen molar-refractivity contribution < 1.29 is 0 Å². The van der Waals surface area contributed by atoms with E-state index in [-0.39, 0.29) is 0 Å². The van der Waals surface area contributed by atoms with E-state index in [2.05, 4.69) is 35.3 Å². The molecular weight excluding hydrogens is 250 g/mol. The molecular formula is C12H15N3S2. The lowest BCUT2D eigenvalue weighted by atomic mass is 10.1. The maximum absolute atomic E-state index is 5.76. The third-order valence-electron chi connectivity index (χ3n) is 2.47. The van der Waals surface area contributed by atoms with Crippen LogP contribution in [0.3, 0.4) is 0 Å². The van der Waals surface area contributed by atoms with Crippen molar-refractivity contribution in [2.45, 2.75) is 36.0 Å². The Morgan fingerprint density at radius 1 is 1.41 bits per heavy atom. The first-order chi connectivity index (χ1) is 8.24. The minimum absolute atomic E-state index is 0.559. The van der Waals surface area contributed by atoms with Crippen molar-refractivity contribution in [3.63, 3.8) is 0 Å². The lowest BCUT2D eigenvalue weighted by Crippen LogP contribution is -1.99. The van der Waals surface area contributed by atoms with Crippen LogP contribution in [0.25, 0.3) is 0 Å². The number of hydrogen-bond donors (Lipinski definition) is 1. The molecule has 2 N–H and O–H groups in total. The van der Waals surface area contributed by atoms with Gasteiger partial charge in [-0.25, -0.2) is 4.98 Å². The van der Waals surface area contributed by atoms with Crippen molar-refractivity contribution in [3.05, 3.63) is 35.2 Å². The third kappa shape index (κ3) is 2.86. The molecule has 0 radical (unpaired) electrons. The SMILES string of the molecule is CCc1nsc(Sc2c(C)cccc2CN)n1. The summed E-state index contributed by atoms with van der Waals surface area (Å²) in [6, 6.07) is 6.21. The van der Waals surface area contributed by atoms with Crippen LogP contribution in [-0.4, -0.2) is 9.36 Å². The molecule has 0 fully saturated rings. The number of nitrogens with two attached hydrogens (primary N) is 1. The molecule has 1 heterocycles. The van der Waals surface area contributed by atoms with Crippen LogP contribution in [0, 0.1) is 6.92 Å². The maximum atomic E-state index is 5.76. The van der Waals surface area contributed by atoms with Crippen molar-refractivity contribution in [1.29, 1.82) is 0 Å². The molecule has 0 spiro atoms. The van der Waals surface area contributed by atoms with Crippen LogP contribution < -0.4 is 5.73 Å². The zero-order valence-electron chi connectivity index (χ0n) is 9.93. The number of nitrogens with zero attached hydrogens (tertiary/aromatic N) is 2. The fraction of sp³-hybridized carbons (Fsp3) is 0.333. The molecule has 0 aliphatic rings. The van der Waals surface area contributed by atoms with E-state index < -0.39 is 0 Å². The molecule has 5 heteroatoms. The lowest BCUT2D eigenvalue weighted by molar-refractivity contribution is 0.969. The highest BCUT2D eigenvalue weighted by Gasteiger charge is 2.10. The van der Waals surface area contributed by atoms with E-state index in [1.165, 1.54) is 27.6 Å². The van der Waals surface area contributed by atoms with Crippen LogP contribution in [-0.2, 0) is 13.0 Å². The van der Waals surface area contributed by atoms with Gasteiger partial charge in [-0.2, -0.15) is 4.37 Å². The van der Waals surface area contributed by atoms with E-state index >= 15 is 0 Å². The van der Waals surface area contributed by atoms with Crippen LogP contribution in [0.5, 0.6) is 0 Å². The zero-order chi connectivity index (χ0) is 12.3. The first-order valence-corrected chi connectivity index (χ1v) is 7.12. The molecule has 0 atom stereocenters. The molecule has 1 aromatic heterocycles. The fourth-order valence-electron chi connectivity index (χ4n) is 1.53. The van der Waals surface area contributed by atoms with Gasteiger partial charge >= 0.3 is 0 Å². The summed E-state index contributed by atoms with van der Waals surface area (Å²) in [6.45, 7) is 4.72. The van der Waals surface area contributed by atoms with Gasteiger partial charge < -0.3 is 5.73 Å². The summed E-state index contributed by atoms with van der Waals surface area (Å²) in [4.78, 5) is 5.69. The summed E-state index contributed by atoms with van der Waals surface area (Å²) in [5, 5.41) is 0. The smallest absolute Gasteiger partial charge is 0.174 e. The standard InChI is InChI=1S/C12H15N3S2/c1-3-10-14-12(17-15-10)16-11-8(2)5-4-6-9(11)7-13/h4-6H,3,7,13H2,1-2H3. The van der Waals surface area contributed by atoms with Gasteiger partial charge in [0.15, 0.2) is 4.34 Å². The Kier molecular flexibility index (Phi) is 4.15. The number of benzene rings is 1. The van der Waals surface area contributed by atoms with Crippen LogP contribution in [0.4, 0.5) is 0 Å². The summed E-state index contributed by atoms with van der Waals surface area (Å²) in [5.41, 5.74) is 8.17. The van der Waals surface area contributed by atoms with E-state index in [1.807, 2.05) is 6.07 Å². The highest BCUT2D eigenvalue weighted by molar-refractivity contribution is 8.01. The predicted octanol–water partition coefficient (Wildman–Crippen LogP) is 3.02. The van der Waals surface area contributed by atoms with E-state index in [9.17, 15) is 0 Å². The van der Waals surface area contributed by atoms with Gasteiger partial charge in [-0.05, 0) is 29.6 Å². The predicted molar refractivity (Wildman–Crippen MR) is 72.5 cm³/mol. The Bertz CT molecular complexity index is 508. The molecule has 2 aromatic rings. The van der Waals surface area contributed by atoms with Gasteiger partial charge in [0.25, 0.3) is 0 Å². The average molecular weight is 265 g/mol. The lowest BCUT2D eigenvalue weighted by Gasteiger charge is -2.08. The van der Waals surface area contributed by atoms with E-state index in [4.69, 9.17) is 5.73 Å². The van der Waals surface area contributed by atoms with Gasteiger partial charge in [-0.3, -0.25) is 0 Å². The molecule has 0 aliphatic carbocycles. The van der Waals surface area contributed by atoms with Crippen molar-refractivity contribution in [2.75, 3.05) is 0 Å². The van der Waals surface area contributed by atoms with Crippen LogP contribution in [0.1, 0.15) is 23.9 Å². The summed E-state index contributed by atoms with van der Waals surface area (Å²) in [6.07, 6.45) is 0.884. The highest BCUT2D eigenvalue weighted by Crippen LogP contribution is 2.33. The number of aryl methyl sites for hydroxylation is 2. The zero-order valence-corrected chi connectivity index (χ0v) is 11.6. The molecule has 17 heavy (non-hydrogen) atoms. The minimum Gasteiger partial charge on any atom is -0.326 e. The monoisotopic (exact) mass is 265 g/mol. The molecule has 90 valence electrons. The van der Waals surface area contributed by atoms with Crippen molar-refractivity contribution >= 4 is 23.3 Å². The fourth-order valence-corrected chi connectivity index (χ4v) is 3.38. The molecule has 1 aromatic carbocycles. The largest absolute Gasteiger partial charge is 0.326 e. The van der Waals surface area contributed by atoms with Crippen molar-refractivity contribution in [2.24, 2.45) is 5.73 Å². The molecule has 2 rings (SSSR count). The summed E-state index contributed by atoms with van der Waals surface area (Å²) >= 11 is 3.12. The second-order valence-electron chi connectivity index (χ2n) is 3.70. The normalized spacial score (nSPS) is 10.8. The maximum Gasteiger partial charge on any atom is 0.174 e. The average Bonchev–Trinajstić information content (AvgIpc) is 2.79. The van der Waals surface area contributed by atoms with Crippen LogP contribution in [0.15, 0.2) is 27.4 Å². The first kappa shape index (κ1) is 12.5. The highest BCUT2D eigenvalue weighted by atomic mass is 32.2. The Morgan fingerprint density at radius 2 is 2.24 bits per heavy atom. The van der Waals surface area contributed by atoms with Crippen LogP contribution >= 0.6 is 23.3 Å². The molecule has 0 saturated carbocycles. The Labute approximate surface area is 110 Å². The summed E-state index contributed by atoms with van der Waals surface area (Å²) in [5.74, 6) is 0.917. The van der Waals surface area contributed by atoms with E-state index in [0.29, 0.717) is 6.54 Å². The molecule has 0 saturated heterocycles. The molecule has 0 aliphatic heterocycles. The summed E-state index contributed by atoms with van der Waals surface area (Å²) < 4.78 is 5.29. The number of rotatable bonds is 4. The Hall–Kier alpha value is -0.910. The van der Waals surface area contributed by atoms with Gasteiger partial charge in [0.2, 0.25) is 0 Å². The van der Waals surface area contributed by atoms with E-state index in [1.54, 1.807) is 11.8 Å². The van der Waals surface area contributed by atoms with Gasteiger partial charge in [0, 0.05) is 17.9 Å². The summed E-state index contributed by atoms with van der Waals surface area (Å²) in [7, 11) is 0. The molecule has 3 nitrogen and oxygen atoms in total. The second-order valence-corrected chi connectivity index (χ2v) is 5.71. The first-order valence-electron chi connectivity index (χ1n) is 5.53. The Morgan fingerprint density at radius 3 is 2.88 bits per heavy atom.